The summed E-state index contributed by atoms with van der Waals surface area (Å²) < 4.78 is 4.79. The predicted octanol–water partition coefficient (Wildman–Crippen LogP) is 15.6. The molecule has 0 N–H and O–H groups in total. The van der Waals surface area contributed by atoms with Gasteiger partial charge in [-0.15, -0.1) is 0 Å². The molecule has 0 aliphatic carbocycles. The van der Waals surface area contributed by atoms with Crippen molar-refractivity contribution < 1.29 is 0 Å². The van der Waals surface area contributed by atoms with Gasteiger partial charge in [-0.05, 0) is 88.3 Å². The molecule has 0 saturated heterocycles. The molecule has 0 spiro atoms. The van der Waals surface area contributed by atoms with Crippen molar-refractivity contribution in [2.45, 2.75) is 0 Å². The van der Waals surface area contributed by atoms with Crippen LogP contribution in [-0.4, -0.2) is 19.1 Å². The highest BCUT2D eigenvalue weighted by atomic mass is 15.0. The Morgan fingerprint density at radius 1 is 0.266 bits per heavy atom. The van der Waals surface area contributed by atoms with Gasteiger partial charge in [0.25, 0.3) is 0 Å². The van der Waals surface area contributed by atoms with Crippen LogP contribution in [0.2, 0.25) is 0 Å². The van der Waals surface area contributed by atoms with Gasteiger partial charge >= 0.3 is 0 Å². The summed E-state index contributed by atoms with van der Waals surface area (Å²) in [5.41, 5.74) is 15.5. The number of rotatable bonds is 6. The van der Waals surface area contributed by atoms with Gasteiger partial charge in [-0.3, -0.25) is 0 Å². The molecule has 4 heteroatoms. The maximum Gasteiger partial charge on any atom is 0.160 e. The number of hydrogen-bond donors (Lipinski definition) is 0. The Labute approximate surface area is 369 Å². The SMILES string of the molecule is c1ccc(-c2ccc(-c3nc(-c4cccc(-n5c6ccccc6c6ccc(-c7ccc8c(c7)c7ccccc7n8-c7ccccc7)cc65)c4)c4ccc5ccccc5c4n3)cc2)cc1. The summed E-state index contributed by atoms with van der Waals surface area (Å²) in [5, 5.41) is 8.20. The van der Waals surface area contributed by atoms with Gasteiger partial charge in [-0.25, -0.2) is 9.97 Å². The first-order valence-corrected chi connectivity index (χ1v) is 21.8. The standard InChI is InChI=1S/C60H38N4/c1-3-14-39(15-4-1)40-26-28-42(29-27-40)60-61-58(52-34-30-41-16-7-8-21-48(41)59(52)62-60)45-17-13-20-47(36-45)64-54-24-11-9-22-49(54)51-33-31-44(38-57(51)64)43-32-35-56-53(37-43)50-23-10-12-25-55(50)63(56)46-18-5-2-6-19-46/h1-38H. The largest absolute Gasteiger partial charge is 0.309 e. The Morgan fingerprint density at radius 3 is 1.59 bits per heavy atom. The number of benzene rings is 10. The average Bonchev–Trinajstić information content (AvgIpc) is 3.89. The van der Waals surface area contributed by atoms with Gasteiger partial charge in [0.05, 0.1) is 33.3 Å². The molecule has 298 valence electrons. The Balaban J connectivity index is 0.976. The third-order valence-corrected chi connectivity index (χ3v) is 12.9. The Bertz CT molecular complexity index is 3940. The maximum absolute atomic E-state index is 5.40. The number of hydrogen-bond acceptors (Lipinski definition) is 2. The molecule has 0 atom stereocenters. The molecule has 64 heavy (non-hydrogen) atoms. The summed E-state index contributed by atoms with van der Waals surface area (Å²) in [4.78, 5) is 10.7. The molecule has 0 bridgehead atoms. The number of nitrogens with zero attached hydrogens (tertiary/aromatic N) is 4. The monoisotopic (exact) mass is 814 g/mol. The summed E-state index contributed by atoms with van der Waals surface area (Å²) >= 11 is 0. The van der Waals surface area contributed by atoms with Crippen molar-refractivity contribution in [2.24, 2.45) is 0 Å². The molecule has 3 heterocycles. The third kappa shape index (κ3) is 5.77. The molecule has 10 aromatic carbocycles. The van der Waals surface area contributed by atoms with Gasteiger partial charge < -0.3 is 9.13 Å². The minimum absolute atomic E-state index is 0.703. The van der Waals surface area contributed by atoms with Gasteiger partial charge in [-0.1, -0.05) is 170 Å². The summed E-state index contributed by atoms with van der Waals surface area (Å²) in [6, 6.07) is 82.8. The fourth-order valence-electron chi connectivity index (χ4n) is 9.88. The van der Waals surface area contributed by atoms with E-state index in [1.807, 2.05) is 6.07 Å². The highest BCUT2D eigenvalue weighted by molar-refractivity contribution is 6.13. The van der Waals surface area contributed by atoms with E-state index in [2.05, 4.69) is 234 Å². The quantitative estimate of drug-likeness (QED) is 0.157. The second-order valence-corrected chi connectivity index (χ2v) is 16.6. The first kappa shape index (κ1) is 36.1. The molecule has 0 aliphatic rings. The Kier molecular flexibility index (Phi) is 8.18. The lowest BCUT2D eigenvalue weighted by Gasteiger charge is -2.14. The molecule has 3 aromatic heterocycles. The third-order valence-electron chi connectivity index (χ3n) is 12.9. The van der Waals surface area contributed by atoms with Crippen LogP contribution in [0.5, 0.6) is 0 Å². The number of fused-ring (bicyclic) bond motifs is 9. The van der Waals surface area contributed by atoms with E-state index in [1.165, 1.54) is 49.3 Å². The van der Waals surface area contributed by atoms with Crippen LogP contribution in [0.4, 0.5) is 0 Å². The lowest BCUT2D eigenvalue weighted by Crippen LogP contribution is -1.98. The van der Waals surface area contributed by atoms with Crippen LogP contribution in [-0.2, 0) is 0 Å². The molecule has 0 amide bonds. The topological polar surface area (TPSA) is 35.6 Å². The molecule has 13 rings (SSSR count). The minimum Gasteiger partial charge on any atom is -0.309 e. The van der Waals surface area contributed by atoms with Gasteiger partial charge in [0, 0.05) is 54.8 Å². The van der Waals surface area contributed by atoms with Crippen LogP contribution < -0.4 is 0 Å². The van der Waals surface area contributed by atoms with E-state index in [0.717, 1.165) is 66.5 Å². The van der Waals surface area contributed by atoms with Gasteiger partial charge in [0.1, 0.15) is 0 Å². The number of aromatic nitrogens is 4. The van der Waals surface area contributed by atoms with Crippen molar-refractivity contribution in [1.29, 1.82) is 0 Å². The van der Waals surface area contributed by atoms with E-state index in [4.69, 9.17) is 9.97 Å². The molecular weight excluding hydrogens is 777 g/mol. The Morgan fingerprint density at radius 2 is 0.797 bits per heavy atom. The zero-order valence-corrected chi connectivity index (χ0v) is 34.7. The van der Waals surface area contributed by atoms with E-state index in [9.17, 15) is 0 Å². The van der Waals surface area contributed by atoms with Crippen LogP contribution in [0.25, 0.3) is 122 Å². The second kappa shape index (κ2) is 14.5. The first-order valence-electron chi connectivity index (χ1n) is 21.8. The minimum atomic E-state index is 0.703. The highest BCUT2D eigenvalue weighted by Crippen LogP contribution is 2.40. The fourth-order valence-corrected chi connectivity index (χ4v) is 9.88. The normalized spacial score (nSPS) is 11.8. The van der Waals surface area contributed by atoms with Crippen molar-refractivity contribution in [3.05, 3.63) is 231 Å². The fraction of sp³-hybridized carbons (Fsp3) is 0. The van der Waals surface area contributed by atoms with Gasteiger partial charge in [0.2, 0.25) is 0 Å². The van der Waals surface area contributed by atoms with Crippen molar-refractivity contribution in [3.8, 4) is 56.3 Å². The van der Waals surface area contributed by atoms with E-state index in [0.29, 0.717) is 5.82 Å². The van der Waals surface area contributed by atoms with Crippen molar-refractivity contribution in [3.63, 3.8) is 0 Å². The van der Waals surface area contributed by atoms with E-state index < -0.39 is 0 Å². The number of para-hydroxylation sites is 3. The molecule has 0 saturated carbocycles. The van der Waals surface area contributed by atoms with Crippen molar-refractivity contribution in [2.75, 3.05) is 0 Å². The van der Waals surface area contributed by atoms with Crippen LogP contribution in [0.1, 0.15) is 0 Å². The molecule has 0 unspecified atom stereocenters. The Hall–Kier alpha value is -8.60. The van der Waals surface area contributed by atoms with Gasteiger partial charge in [0.15, 0.2) is 5.82 Å². The molecule has 0 radical (unpaired) electrons. The van der Waals surface area contributed by atoms with E-state index in [-0.39, 0.29) is 0 Å². The van der Waals surface area contributed by atoms with Crippen molar-refractivity contribution >= 4 is 65.3 Å². The van der Waals surface area contributed by atoms with Gasteiger partial charge in [-0.2, -0.15) is 0 Å². The molecule has 0 aliphatic heterocycles. The summed E-state index contributed by atoms with van der Waals surface area (Å²) in [5.74, 6) is 0.703. The predicted molar refractivity (Wildman–Crippen MR) is 267 cm³/mol. The highest BCUT2D eigenvalue weighted by Gasteiger charge is 2.19. The average molecular weight is 815 g/mol. The molecule has 4 nitrogen and oxygen atoms in total. The molecule has 13 aromatic rings. The lowest BCUT2D eigenvalue weighted by molar-refractivity contribution is 1.18. The van der Waals surface area contributed by atoms with Crippen LogP contribution in [0.3, 0.4) is 0 Å². The first-order chi connectivity index (χ1) is 31.7. The van der Waals surface area contributed by atoms with E-state index in [1.54, 1.807) is 0 Å². The maximum atomic E-state index is 5.40. The summed E-state index contributed by atoms with van der Waals surface area (Å²) in [6.45, 7) is 0. The smallest absolute Gasteiger partial charge is 0.160 e. The van der Waals surface area contributed by atoms with Crippen LogP contribution in [0.15, 0.2) is 231 Å². The van der Waals surface area contributed by atoms with Crippen LogP contribution in [0, 0.1) is 0 Å². The van der Waals surface area contributed by atoms with E-state index >= 15 is 0 Å². The van der Waals surface area contributed by atoms with Crippen LogP contribution >= 0.6 is 0 Å². The second-order valence-electron chi connectivity index (χ2n) is 16.6. The zero-order valence-electron chi connectivity index (χ0n) is 34.7. The molecular formula is C60H38N4. The zero-order chi connectivity index (χ0) is 42.1. The van der Waals surface area contributed by atoms with Crippen molar-refractivity contribution in [1.82, 2.24) is 19.1 Å². The summed E-state index contributed by atoms with van der Waals surface area (Å²) in [6.07, 6.45) is 0. The molecule has 0 fully saturated rings. The summed E-state index contributed by atoms with van der Waals surface area (Å²) in [7, 11) is 0. The lowest BCUT2D eigenvalue weighted by atomic mass is 10.00.